The third-order valence-electron chi connectivity index (χ3n) is 4.52. The number of carbonyl (C=O) groups is 1. The number of nitrogens with zero attached hydrogens (tertiary/aromatic N) is 1. The monoisotopic (exact) mass is 374 g/mol. The Morgan fingerprint density at radius 3 is 2.59 bits per heavy atom. The Hall–Kier alpha value is -3.15. The lowest BCUT2D eigenvalue weighted by Gasteiger charge is -2.13. The lowest BCUT2D eigenvalue weighted by molar-refractivity contribution is -0.0470. The Labute approximate surface area is 161 Å². The molecular formula is C22H18N2O2S. The molecule has 0 spiro atoms. The lowest BCUT2D eigenvalue weighted by Crippen LogP contribution is -2.31. The second-order valence-electron chi connectivity index (χ2n) is 6.29. The van der Waals surface area contributed by atoms with E-state index in [4.69, 9.17) is 5.73 Å². The predicted octanol–water partition coefficient (Wildman–Crippen LogP) is 5.51. The van der Waals surface area contributed by atoms with Crippen molar-refractivity contribution in [2.45, 2.75) is 6.54 Å². The van der Waals surface area contributed by atoms with Crippen molar-refractivity contribution in [3.63, 3.8) is 0 Å². The first-order valence-corrected chi connectivity index (χ1v) is 9.42. The van der Waals surface area contributed by atoms with Gasteiger partial charge in [-0.15, -0.1) is 11.3 Å². The van der Waals surface area contributed by atoms with Crippen LogP contribution in [0.15, 0.2) is 78.2 Å². The summed E-state index contributed by atoms with van der Waals surface area (Å²) < 4.78 is 0. The van der Waals surface area contributed by atoms with E-state index in [0.717, 1.165) is 16.0 Å². The zero-order valence-corrected chi connectivity index (χ0v) is 15.3. The number of benzene rings is 3. The molecule has 0 saturated heterocycles. The quantitative estimate of drug-likeness (QED) is 0.366. The number of fused-ring (bicyclic) bond motifs is 1. The maximum atomic E-state index is 11.1. The molecule has 0 aliphatic heterocycles. The van der Waals surface area contributed by atoms with Crippen LogP contribution in [0.25, 0.3) is 32.3 Å². The number of urea groups is 1. The van der Waals surface area contributed by atoms with Gasteiger partial charge in [-0.3, -0.25) is 5.21 Å². The topological polar surface area (TPSA) is 66.6 Å². The minimum absolute atomic E-state index is 0.0537. The van der Waals surface area contributed by atoms with Crippen LogP contribution >= 0.6 is 11.3 Å². The smallest absolute Gasteiger partial charge is 0.338 e. The van der Waals surface area contributed by atoms with Gasteiger partial charge in [-0.1, -0.05) is 60.7 Å². The second kappa shape index (κ2) is 7.23. The zero-order valence-electron chi connectivity index (χ0n) is 14.5. The number of hydroxylamine groups is 2. The van der Waals surface area contributed by atoms with Crippen LogP contribution in [0.5, 0.6) is 0 Å². The van der Waals surface area contributed by atoms with Crippen molar-refractivity contribution in [2.24, 2.45) is 5.73 Å². The minimum Gasteiger partial charge on any atom is -0.350 e. The zero-order chi connectivity index (χ0) is 18.8. The van der Waals surface area contributed by atoms with E-state index in [2.05, 4.69) is 47.8 Å². The molecule has 27 heavy (non-hydrogen) atoms. The fraction of sp³-hybridized carbons (Fsp3) is 0.0455. The molecule has 0 unspecified atom stereocenters. The van der Waals surface area contributed by atoms with Crippen molar-refractivity contribution >= 4 is 28.1 Å². The van der Waals surface area contributed by atoms with Crippen LogP contribution in [0.1, 0.15) is 5.56 Å². The molecule has 1 heterocycles. The third-order valence-corrected chi connectivity index (χ3v) is 5.48. The molecule has 0 bridgehead atoms. The summed E-state index contributed by atoms with van der Waals surface area (Å²) in [6.07, 6.45) is 0. The van der Waals surface area contributed by atoms with E-state index in [1.807, 2.05) is 30.3 Å². The first kappa shape index (κ1) is 17.3. The highest BCUT2D eigenvalue weighted by atomic mass is 32.1. The molecule has 1 aromatic heterocycles. The van der Waals surface area contributed by atoms with Crippen LogP contribution in [0.4, 0.5) is 4.79 Å². The Kier molecular flexibility index (Phi) is 4.62. The normalized spacial score (nSPS) is 10.9. The summed E-state index contributed by atoms with van der Waals surface area (Å²) in [7, 11) is 0. The van der Waals surface area contributed by atoms with Gasteiger partial charge in [0.05, 0.1) is 6.54 Å². The molecule has 5 heteroatoms. The molecule has 134 valence electrons. The average Bonchev–Trinajstić information content (AvgIpc) is 3.17. The predicted molar refractivity (Wildman–Crippen MR) is 110 cm³/mol. The molecule has 0 aliphatic rings. The molecule has 2 amide bonds. The first-order valence-electron chi connectivity index (χ1n) is 8.54. The minimum atomic E-state index is -0.868. The van der Waals surface area contributed by atoms with E-state index in [1.165, 1.54) is 21.9 Å². The Bertz CT molecular complexity index is 1110. The van der Waals surface area contributed by atoms with Gasteiger partial charge < -0.3 is 5.73 Å². The van der Waals surface area contributed by atoms with Gasteiger partial charge in [0.15, 0.2) is 0 Å². The van der Waals surface area contributed by atoms with Gasteiger partial charge in [0, 0.05) is 10.4 Å². The number of amides is 2. The van der Waals surface area contributed by atoms with Gasteiger partial charge in [0.25, 0.3) is 0 Å². The number of thiophene rings is 1. The van der Waals surface area contributed by atoms with Gasteiger partial charge in [-0.05, 0) is 45.0 Å². The van der Waals surface area contributed by atoms with E-state index in [9.17, 15) is 10.0 Å². The van der Waals surface area contributed by atoms with Crippen molar-refractivity contribution in [2.75, 3.05) is 0 Å². The van der Waals surface area contributed by atoms with Crippen LogP contribution in [-0.4, -0.2) is 16.3 Å². The molecule has 4 nitrogen and oxygen atoms in total. The molecule has 0 radical (unpaired) electrons. The van der Waals surface area contributed by atoms with E-state index in [-0.39, 0.29) is 6.54 Å². The maximum absolute atomic E-state index is 11.1. The van der Waals surface area contributed by atoms with Crippen molar-refractivity contribution < 1.29 is 10.0 Å². The van der Waals surface area contributed by atoms with Gasteiger partial charge in [-0.25, -0.2) is 9.86 Å². The highest BCUT2D eigenvalue weighted by Gasteiger charge is 2.13. The van der Waals surface area contributed by atoms with Crippen molar-refractivity contribution in [1.82, 2.24) is 5.06 Å². The van der Waals surface area contributed by atoms with Crippen LogP contribution in [0.3, 0.4) is 0 Å². The summed E-state index contributed by atoms with van der Waals surface area (Å²) >= 11 is 1.67. The Morgan fingerprint density at radius 1 is 0.963 bits per heavy atom. The van der Waals surface area contributed by atoms with Crippen molar-refractivity contribution in [1.29, 1.82) is 0 Å². The van der Waals surface area contributed by atoms with Crippen LogP contribution in [0.2, 0.25) is 0 Å². The molecule has 3 aromatic carbocycles. The summed E-state index contributed by atoms with van der Waals surface area (Å²) in [6, 6.07) is 23.8. The molecule has 0 fully saturated rings. The summed E-state index contributed by atoms with van der Waals surface area (Å²) in [5, 5.41) is 14.6. The summed E-state index contributed by atoms with van der Waals surface area (Å²) in [5.74, 6) is 0. The number of nitrogens with two attached hydrogens (primary N) is 1. The Balaban J connectivity index is 1.78. The summed E-state index contributed by atoms with van der Waals surface area (Å²) in [5.41, 5.74) is 9.33. The molecule has 4 rings (SSSR count). The first-order chi connectivity index (χ1) is 13.1. The summed E-state index contributed by atoms with van der Waals surface area (Å²) in [6.45, 7) is 0.0537. The van der Waals surface area contributed by atoms with Gasteiger partial charge in [0.2, 0.25) is 0 Å². The standard InChI is InChI=1S/C22H18N2O2S/c23-22(25)24(26)14-15-5-3-8-17(13-15)21-20(11-12-27-21)19-10-4-7-16-6-1-2-9-18(16)19/h1-13,26H,14H2,(H2,23,25). The number of primary amides is 1. The highest BCUT2D eigenvalue weighted by Crippen LogP contribution is 2.39. The highest BCUT2D eigenvalue weighted by molar-refractivity contribution is 7.14. The van der Waals surface area contributed by atoms with E-state index < -0.39 is 6.03 Å². The maximum Gasteiger partial charge on any atom is 0.338 e. The fourth-order valence-corrected chi connectivity index (χ4v) is 4.18. The molecular weight excluding hydrogens is 356 g/mol. The van der Waals surface area contributed by atoms with E-state index in [1.54, 1.807) is 11.3 Å². The van der Waals surface area contributed by atoms with Crippen molar-refractivity contribution in [3.05, 3.63) is 83.7 Å². The van der Waals surface area contributed by atoms with Gasteiger partial charge in [0.1, 0.15) is 0 Å². The lowest BCUT2D eigenvalue weighted by atomic mass is 9.96. The molecule has 4 aromatic rings. The molecule has 0 atom stereocenters. The van der Waals surface area contributed by atoms with E-state index >= 15 is 0 Å². The number of rotatable bonds is 4. The fourth-order valence-electron chi connectivity index (χ4n) is 3.27. The van der Waals surface area contributed by atoms with Crippen molar-refractivity contribution in [3.8, 4) is 21.6 Å². The molecule has 3 N–H and O–H groups in total. The van der Waals surface area contributed by atoms with Crippen LogP contribution < -0.4 is 5.73 Å². The molecule has 0 aliphatic carbocycles. The third kappa shape index (κ3) is 3.43. The largest absolute Gasteiger partial charge is 0.350 e. The SMILES string of the molecule is NC(=O)N(O)Cc1cccc(-c2sccc2-c2cccc3ccccc23)c1. The number of hydrogen-bond donors (Lipinski definition) is 2. The van der Waals surface area contributed by atoms with Gasteiger partial charge in [-0.2, -0.15) is 0 Å². The number of hydrogen-bond acceptors (Lipinski definition) is 3. The van der Waals surface area contributed by atoms with Crippen LogP contribution in [-0.2, 0) is 6.54 Å². The average molecular weight is 374 g/mol. The van der Waals surface area contributed by atoms with Crippen LogP contribution in [0, 0.1) is 0 Å². The second-order valence-corrected chi connectivity index (χ2v) is 7.20. The summed E-state index contributed by atoms with van der Waals surface area (Å²) in [4.78, 5) is 12.2. The van der Waals surface area contributed by atoms with E-state index in [0.29, 0.717) is 5.06 Å². The Morgan fingerprint density at radius 2 is 1.74 bits per heavy atom. The number of carbonyl (C=O) groups excluding carboxylic acids is 1. The molecule has 0 saturated carbocycles. The van der Waals surface area contributed by atoms with Gasteiger partial charge >= 0.3 is 6.03 Å².